The van der Waals surface area contributed by atoms with Crippen LogP contribution in [0.2, 0.25) is 0 Å². The van der Waals surface area contributed by atoms with Crippen molar-refractivity contribution in [3.63, 3.8) is 0 Å². The fourth-order valence-corrected chi connectivity index (χ4v) is 5.48. The number of hydrogen-bond acceptors (Lipinski definition) is 4. The minimum atomic E-state index is -3.58. The third-order valence-corrected chi connectivity index (χ3v) is 7.65. The van der Waals surface area contributed by atoms with Crippen molar-refractivity contribution in [3.05, 3.63) is 58.3 Å². The van der Waals surface area contributed by atoms with Gasteiger partial charge in [0.25, 0.3) is 5.91 Å². The second-order valence-electron chi connectivity index (χ2n) is 7.16. The van der Waals surface area contributed by atoms with Crippen molar-refractivity contribution in [2.45, 2.75) is 31.1 Å². The van der Waals surface area contributed by atoms with Crippen LogP contribution in [-0.2, 0) is 10.0 Å². The Kier molecular flexibility index (Phi) is 5.50. The van der Waals surface area contributed by atoms with Crippen LogP contribution in [0, 0.1) is 6.92 Å². The summed E-state index contributed by atoms with van der Waals surface area (Å²) >= 11 is 3.41. The smallest absolute Gasteiger partial charge is 0.291 e. The topological polar surface area (TPSA) is 79.6 Å². The van der Waals surface area contributed by atoms with E-state index in [1.165, 1.54) is 10.4 Å². The molecule has 0 saturated carbocycles. The quantitative estimate of drug-likeness (QED) is 0.578. The van der Waals surface area contributed by atoms with Crippen LogP contribution in [0.5, 0.6) is 0 Å². The van der Waals surface area contributed by atoms with Crippen LogP contribution < -0.4 is 5.32 Å². The highest BCUT2D eigenvalue weighted by Crippen LogP contribution is 2.29. The molecule has 8 heteroatoms. The molecular formula is C21H21BrN2O4S. The number of nitrogens with zero attached hydrogens (tertiary/aromatic N) is 1. The summed E-state index contributed by atoms with van der Waals surface area (Å²) in [6.45, 7) is 2.89. The number of para-hydroxylation sites is 1. The lowest BCUT2D eigenvalue weighted by Gasteiger charge is -2.26. The van der Waals surface area contributed by atoms with Gasteiger partial charge in [-0.25, -0.2) is 8.42 Å². The number of benzene rings is 2. The third-order valence-electron chi connectivity index (χ3n) is 5.13. The Morgan fingerprint density at radius 1 is 1.10 bits per heavy atom. The van der Waals surface area contributed by atoms with Crippen molar-refractivity contribution in [1.29, 1.82) is 0 Å². The van der Waals surface area contributed by atoms with E-state index in [4.69, 9.17) is 4.42 Å². The van der Waals surface area contributed by atoms with Crippen molar-refractivity contribution < 1.29 is 17.6 Å². The molecule has 6 nitrogen and oxygen atoms in total. The van der Waals surface area contributed by atoms with Crippen LogP contribution in [0.25, 0.3) is 11.0 Å². The normalized spacial score (nSPS) is 15.5. The number of piperidine rings is 1. The molecule has 0 aliphatic carbocycles. The predicted octanol–water partition coefficient (Wildman–Crippen LogP) is 4.93. The number of rotatable bonds is 4. The Balaban J connectivity index is 1.62. The van der Waals surface area contributed by atoms with E-state index < -0.39 is 15.9 Å². The molecule has 1 aliphatic heterocycles. The Morgan fingerprint density at radius 3 is 2.59 bits per heavy atom. The number of nitrogens with one attached hydrogen (secondary N) is 1. The zero-order valence-corrected chi connectivity index (χ0v) is 18.3. The number of halogens is 1. The van der Waals surface area contributed by atoms with Gasteiger partial charge in [-0.1, -0.05) is 24.6 Å². The van der Waals surface area contributed by atoms with Crippen LogP contribution in [0.15, 0.2) is 56.2 Å². The number of hydrogen-bond donors (Lipinski definition) is 1. The lowest BCUT2D eigenvalue weighted by Crippen LogP contribution is -2.35. The summed E-state index contributed by atoms with van der Waals surface area (Å²) in [6, 6.07) is 12.1. The first-order valence-electron chi connectivity index (χ1n) is 9.46. The van der Waals surface area contributed by atoms with Gasteiger partial charge in [-0.15, -0.1) is 0 Å². The lowest BCUT2D eigenvalue weighted by atomic mass is 10.2. The summed E-state index contributed by atoms with van der Waals surface area (Å²) in [5, 5.41) is 3.60. The molecule has 0 unspecified atom stereocenters. The van der Waals surface area contributed by atoms with E-state index >= 15 is 0 Å². The van der Waals surface area contributed by atoms with Gasteiger partial charge in [-0.2, -0.15) is 4.31 Å². The molecule has 0 radical (unpaired) electrons. The molecule has 0 spiro atoms. The van der Waals surface area contributed by atoms with Crippen molar-refractivity contribution in [1.82, 2.24) is 4.31 Å². The zero-order valence-electron chi connectivity index (χ0n) is 15.9. The van der Waals surface area contributed by atoms with E-state index in [0.29, 0.717) is 24.4 Å². The summed E-state index contributed by atoms with van der Waals surface area (Å²) in [4.78, 5) is 12.9. The molecule has 1 aromatic heterocycles. The molecule has 1 amide bonds. The first-order valence-corrected chi connectivity index (χ1v) is 11.7. The molecule has 29 heavy (non-hydrogen) atoms. The van der Waals surface area contributed by atoms with E-state index in [1.807, 2.05) is 25.1 Å². The van der Waals surface area contributed by atoms with Crippen molar-refractivity contribution in [2.24, 2.45) is 0 Å². The number of sulfonamides is 1. The number of aryl methyl sites for hydroxylation is 1. The molecule has 0 bridgehead atoms. The number of furan rings is 1. The summed E-state index contributed by atoms with van der Waals surface area (Å²) in [5.41, 5.74) is 1.82. The molecule has 1 aliphatic rings. The Hall–Kier alpha value is -2.16. The largest absolute Gasteiger partial charge is 0.450 e. The van der Waals surface area contributed by atoms with E-state index in [0.717, 1.165) is 34.7 Å². The van der Waals surface area contributed by atoms with Gasteiger partial charge in [0.05, 0.1) is 9.37 Å². The van der Waals surface area contributed by atoms with E-state index in [2.05, 4.69) is 21.2 Å². The number of carbonyl (C=O) groups excluding carboxylic acids is 1. The number of amides is 1. The van der Waals surface area contributed by atoms with Crippen molar-refractivity contribution >= 4 is 48.5 Å². The number of anilines is 1. The Morgan fingerprint density at radius 2 is 1.86 bits per heavy atom. The fraction of sp³-hybridized carbons (Fsp3) is 0.286. The highest BCUT2D eigenvalue weighted by atomic mass is 79.9. The molecule has 152 valence electrons. The van der Waals surface area contributed by atoms with Gasteiger partial charge < -0.3 is 9.73 Å². The average molecular weight is 477 g/mol. The molecule has 2 aromatic carbocycles. The maximum absolute atomic E-state index is 13.0. The zero-order chi connectivity index (χ0) is 20.6. The summed E-state index contributed by atoms with van der Waals surface area (Å²) in [7, 11) is -3.58. The van der Waals surface area contributed by atoms with Crippen molar-refractivity contribution in [2.75, 3.05) is 18.4 Å². The van der Waals surface area contributed by atoms with E-state index in [-0.39, 0.29) is 10.7 Å². The fourth-order valence-electron chi connectivity index (χ4n) is 3.47. The Bertz CT molecular complexity index is 1180. The Labute approximate surface area is 178 Å². The van der Waals surface area contributed by atoms with Gasteiger partial charge in [-0.3, -0.25) is 4.79 Å². The summed E-state index contributed by atoms with van der Waals surface area (Å²) in [5.74, 6) is -0.265. The standard InChI is InChI=1S/C21H21BrN2O4S/c1-14-8-9-16(29(26,27)24-10-3-2-4-11-24)13-18(14)23-21(25)19-12-15-6-5-7-17(22)20(15)28-19/h5-9,12-13H,2-4,10-11H2,1H3,(H,23,25). The maximum Gasteiger partial charge on any atom is 0.291 e. The van der Waals surface area contributed by atoms with Gasteiger partial charge in [0.1, 0.15) is 5.58 Å². The molecule has 1 N–H and O–H groups in total. The average Bonchev–Trinajstić information content (AvgIpc) is 3.16. The molecule has 2 heterocycles. The lowest BCUT2D eigenvalue weighted by molar-refractivity contribution is 0.0998. The molecular weight excluding hydrogens is 456 g/mol. The monoisotopic (exact) mass is 476 g/mol. The maximum atomic E-state index is 13.0. The van der Waals surface area contributed by atoms with Gasteiger partial charge in [0, 0.05) is 24.2 Å². The first kappa shape index (κ1) is 20.1. The second-order valence-corrected chi connectivity index (χ2v) is 9.96. The predicted molar refractivity (Wildman–Crippen MR) is 116 cm³/mol. The molecule has 1 fully saturated rings. The molecule has 1 saturated heterocycles. The molecule has 3 aromatic rings. The van der Waals surface area contributed by atoms with Crippen LogP contribution >= 0.6 is 15.9 Å². The van der Waals surface area contributed by atoms with Gasteiger partial charge in [0.15, 0.2) is 5.76 Å². The third kappa shape index (κ3) is 3.97. The summed E-state index contributed by atoms with van der Waals surface area (Å²) < 4.78 is 33.9. The number of carbonyl (C=O) groups is 1. The minimum absolute atomic E-state index is 0.163. The van der Waals surface area contributed by atoms with Gasteiger partial charge in [-0.05, 0) is 65.5 Å². The highest BCUT2D eigenvalue weighted by Gasteiger charge is 2.26. The minimum Gasteiger partial charge on any atom is -0.450 e. The van der Waals surface area contributed by atoms with Gasteiger partial charge in [0.2, 0.25) is 10.0 Å². The first-order chi connectivity index (χ1) is 13.9. The summed E-state index contributed by atoms with van der Waals surface area (Å²) in [6.07, 6.45) is 2.79. The molecule has 0 atom stereocenters. The molecule has 4 rings (SSSR count). The van der Waals surface area contributed by atoms with Gasteiger partial charge >= 0.3 is 0 Å². The van der Waals surface area contributed by atoms with E-state index in [9.17, 15) is 13.2 Å². The van der Waals surface area contributed by atoms with E-state index in [1.54, 1.807) is 18.2 Å². The van der Waals surface area contributed by atoms with Crippen LogP contribution in [0.4, 0.5) is 5.69 Å². The van der Waals surface area contributed by atoms with Crippen LogP contribution in [0.1, 0.15) is 35.4 Å². The van der Waals surface area contributed by atoms with Crippen LogP contribution in [0.3, 0.4) is 0 Å². The van der Waals surface area contributed by atoms with Crippen LogP contribution in [-0.4, -0.2) is 31.7 Å². The number of fused-ring (bicyclic) bond motifs is 1. The SMILES string of the molecule is Cc1ccc(S(=O)(=O)N2CCCCC2)cc1NC(=O)c1cc2cccc(Br)c2o1. The van der Waals surface area contributed by atoms with Crippen molar-refractivity contribution in [3.8, 4) is 0 Å². The highest BCUT2D eigenvalue weighted by molar-refractivity contribution is 9.10. The second kappa shape index (κ2) is 7.93.